The molecule has 144 valence electrons. The van der Waals surface area contributed by atoms with Gasteiger partial charge in [0.05, 0.1) is 18.2 Å². The lowest BCUT2D eigenvalue weighted by atomic mass is 10.1. The number of aromatic nitrogens is 1. The van der Waals surface area contributed by atoms with Crippen molar-refractivity contribution < 1.29 is 23.8 Å². The number of esters is 1. The summed E-state index contributed by atoms with van der Waals surface area (Å²) >= 11 is 0. The highest BCUT2D eigenvalue weighted by atomic mass is 16.5. The second-order valence-corrected chi connectivity index (χ2v) is 6.36. The second-order valence-electron chi connectivity index (χ2n) is 6.36. The van der Waals surface area contributed by atoms with Gasteiger partial charge in [0, 0.05) is 18.5 Å². The fraction of sp³-hybridized carbons (Fsp3) is 0.0870. The number of carbonyl (C=O) groups excluding carboxylic acids is 2. The number of allylic oxidation sites excluding steroid dienone is 1. The summed E-state index contributed by atoms with van der Waals surface area (Å²) in [5, 5.41) is 0. The molecule has 0 saturated heterocycles. The van der Waals surface area contributed by atoms with Gasteiger partial charge in [-0.25, -0.2) is 4.79 Å². The predicted molar refractivity (Wildman–Crippen MR) is 106 cm³/mol. The molecular formula is C23H17NO5. The minimum Gasteiger partial charge on any atom is -0.489 e. The third kappa shape index (κ3) is 4.01. The number of fused-ring (bicyclic) bond motifs is 1. The molecule has 0 fully saturated rings. The molecule has 0 N–H and O–H groups in total. The minimum atomic E-state index is -0.381. The van der Waals surface area contributed by atoms with Crippen molar-refractivity contribution in [3.05, 3.63) is 95.0 Å². The smallest absolute Gasteiger partial charge is 0.337 e. The number of nitrogens with zero attached hydrogens (tertiary/aromatic N) is 1. The Labute approximate surface area is 167 Å². The van der Waals surface area contributed by atoms with Gasteiger partial charge in [-0.2, -0.15) is 0 Å². The van der Waals surface area contributed by atoms with Gasteiger partial charge in [0.2, 0.25) is 5.78 Å². The van der Waals surface area contributed by atoms with Crippen LogP contribution in [0.15, 0.2) is 72.8 Å². The lowest BCUT2D eigenvalue weighted by molar-refractivity contribution is 0.0600. The van der Waals surface area contributed by atoms with Crippen molar-refractivity contribution in [2.24, 2.45) is 0 Å². The van der Waals surface area contributed by atoms with Gasteiger partial charge in [0.1, 0.15) is 18.1 Å². The molecule has 0 bridgehead atoms. The topological polar surface area (TPSA) is 74.7 Å². The Morgan fingerprint density at radius 1 is 1.07 bits per heavy atom. The first kappa shape index (κ1) is 18.4. The molecule has 1 aliphatic rings. The van der Waals surface area contributed by atoms with Crippen molar-refractivity contribution in [3.8, 4) is 11.5 Å². The molecule has 1 aliphatic heterocycles. The number of benzene rings is 2. The van der Waals surface area contributed by atoms with Crippen LogP contribution in [0.4, 0.5) is 0 Å². The summed E-state index contributed by atoms with van der Waals surface area (Å²) < 4.78 is 16.2. The number of carbonyl (C=O) groups is 2. The second kappa shape index (κ2) is 7.98. The van der Waals surface area contributed by atoms with Gasteiger partial charge in [-0.1, -0.05) is 12.1 Å². The molecular weight excluding hydrogens is 370 g/mol. The fourth-order valence-corrected chi connectivity index (χ4v) is 2.89. The molecule has 29 heavy (non-hydrogen) atoms. The van der Waals surface area contributed by atoms with E-state index < -0.39 is 0 Å². The molecule has 0 atom stereocenters. The maximum absolute atomic E-state index is 12.5. The fourth-order valence-electron chi connectivity index (χ4n) is 2.89. The SMILES string of the molecule is COC(=O)c1ccc(COc2ccc3c(c2)OC(=Cc2ccncc2)C3=O)cc1. The maximum atomic E-state index is 12.5. The summed E-state index contributed by atoms with van der Waals surface area (Å²) in [5.41, 5.74) is 2.71. The number of Topliss-reactive ketones (excluding diaryl/α,β-unsaturated/α-hetero) is 1. The van der Waals surface area contributed by atoms with Gasteiger partial charge in [-0.3, -0.25) is 9.78 Å². The monoisotopic (exact) mass is 387 g/mol. The average Bonchev–Trinajstić information content (AvgIpc) is 3.07. The van der Waals surface area contributed by atoms with Gasteiger partial charge in [0.25, 0.3) is 0 Å². The number of methoxy groups -OCH3 is 1. The van der Waals surface area contributed by atoms with Gasteiger partial charge in [0.15, 0.2) is 5.76 Å². The quantitative estimate of drug-likeness (QED) is 0.485. The molecule has 0 aliphatic carbocycles. The van der Waals surface area contributed by atoms with Crippen LogP contribution >= 0.6 is 0 Å². The van der Waals surface area contributed by atoms with Crippen molar-refractivity contribution in [2.75, 3.05) is 7.11 Å². The van der Waals surface area contributed by atoms with Crippen LogP contribution in [-0.4, -0.2) is 23.8 Å². The highest BCUT2D eigenvalue weighted by Gasteiger charge is 2.27. The molecule has 6 nitrogen and oxygen atoms in total. The Hall–Kier alpha value is -3.93. The summed E-state index contributed by atoms with van der Waals surface area (Å²) in [7, 11) is 1.34. The number of hydrogen-bond acceptors (Lipinski definition) is 6. The molecule has 0 unspecified atom stereocenters. The first-order chi connectivity index (χ1) is 14.1. The van der Waals surface area contributed by atoms with Crippen molar-refractivity contribution in [1.29, 1.82) is 0 Å². The van der Waals surface area contributed by atoms with E-state index in [9.17, 15) is 9.59 Å². The van der Waals surface area contributed by atoms with Gasteiger partial charge in [-0.05, 0) is 53.6 Å². The average molecular weight is 387 g/mol. The number of rotatable bonds is 5. The maximum Gasteiger partial charge on any atom is 0.337 e. The summed E-state index contributed by atoms with van der Waals surface area (Å²) in [5.74, 6) is 0.768. The van der Waals surface area contributed by atoms with Crippen LogP contribution < -0.4 is 9.47 Å². The van der Waals surface area contributed by atoms with E-state index >= 15 is 0 Å². The lowest BCUT2D eigenvalue weighted by Gasteiger charge is -2.08. The van der Waals surface area contributed by atoms with Crippen LogP contribution in [0.5, 0.6) is 11.5 Å². The molecule has 2 aromatic carbocycles. The van der Waals surface area contributed by atoms with E-state index in [1.807, 2.05) is 0 Å². The molecule has 1 aromatic heterocycles. The first-order valence-electron chi connectivity index (χ1n) is 8.92. The normalized spacial score (nSPS) is 13.7. The Morgan fingerprint density at radius 2 is 1.83 bits per heavy atom. The molecule has 6 heteroatoms. The summed E-state index contributed by atoms with van der Waals surface area (Å²) in [6.45, 7) is 0.313. The Bertz CT molecular complexity index is 1090. The molecule has 0 amide bonds. The summed E-state index contributed by atoms with van der Waals surface area (Å²) in [4.78, 5) is 28.0. The van der Waals surface area contributed by atoms with Crippen LogP contribution in [0.1, 0.15) is 31.8 Å². The molecule has 2 heterocycles. The zero-order valence-electron chi connectivity index (χ0n) is 15.6. The van der Waals surface area contributed by atoms with E-state index in [4.69, 9.17) is 9.47 Å². The Kier molecular flexibility index (Phi) is 5.07. The standard InChI is InChI=1S/C23H17NO5/c1-27-23(26)17-4-2-16(3-5-17)14-28-18-6-7-19-20(13-18)29-21(22(19)25)12-15-8-10-24-11-9-15/h2-13H,14H2,1H3. The van der Waals surface area contributed by atoms with Crippen LogP contribution in [0.25, 0.3) is 6.08 Å². The number of hydrogen-bond donors (Lipinski definition) is 0. The van der Waals surface area contributed by atoms with Crippen molar-refractivity contribution in [3.63, 3.8) is 0 Å². The molecule has 4 rings (SSSR count). The third-order valence-corrected chi connectivity index (χ3v) is 4.43. The van der Waals surface area contributed by atoms with E-state index in [1.54, 1.807) is 73.1 Å². The van der Waals surface area contributed by atoms with Crippen molar-refractivity contribution in [2.45, 2.75) is 6.61 Å². The van der Waals surface area contributed by atoms with Crippen molar-refractivity contribution in [1.82, 2.24) is 4.98 Å². The van der Waals surface area contributed by atoms with Crippen LogP contribution in [0.3, 0.4) is 0 Å². The van der Waals surface area contributed by atoms with E-state index in [1.165, 1.54) is 7.11 Å². The molecule has 0 saturated carbocycles. The van der Waals surface area contributed by atoms with Crippen LogP contribution in [0, 0.1) is 0 Å². The Morgan fingerprint density at radius 3 is 2.55 bits per heavy atom. The number of ether oxygens (including phenoxy) is 3. The largest absolute Gasteiger partial charge is 0.489 e. The number of pyridine rings is 1. The van der Waals surface area contributed by atoms with E-state index in [2.05, 4.69) is 9.72 Å². The highest BCUT2D eigenvalue weighted by molar-refractivity contribution is 6.14. The molecule has 0 radical (unpaired) electrons. The molecule has 3 aromatic rings. The third-order valence-electron chi connectivity index (χ3n) is 4.43. The molecule has 0 spiro atoms. The minimum absolute atomic E-state index is 0.165. The summed E-state index contributed by atoms with van der Waals surface area (Å²) in [6.07, 6.45) is 5.00. The van der Waals surface area contributed by atoms with Gasteiger partial charge >= 0.3 is 5.97 Å². The van der Waals surface area contributed by atoms with Gasteiger partial charge in [-0.15, -0.1) is 0 Å². The number of ketones is 1. The highest BCUT2D eigenvalue weighted by Crippen LogP contribution is 2.35. The van der Waals surface area contributed by atoms with Crippen LogP contribution in [-0.2, 0) is 11.3 Å². The van der Waals surface area contributed by atoms with Crippen LogP contribution in [0.2, 0.25) is 0 Å². The van der Waals surface area contributed by atoms with E-state index in [-0.39, 0.29) is 17.5 Å². The zero-order chi connectivity index (χ0) is 20.2. The van der Waals surface area contributed by atoms with Gasteiger partial charge < -0.3 is 14.2 Å². The van der Waals surface area contributed by atoms with E-state index in [0.29, 0.717) is 29.2 Å². The predicted octanol–water partition coefficient (Wildman–Crippen LogP) is 4.06. The van der Waals surface area contributed by atoms with E-state index in [0.717, 1.165) is 11.1 Å². The Balaban J connectivity index is 1.45. The summed E-state index contributed by atoms with van der Waals surface area (Å²) in [6, 6.07) is 15.7. The van der Waals surface area contributed by atoms with Crippen molar-refractivity contribution >= 4 is 17.8 Å². The first-order valence-corrected chi connectivity index (χ1v) is 8.92. The zero-order valence-corrected chi connectivity index (χ0v) is 15.6. The lowest BCUT2D eigenvalue weighted by Crippen LogP contribution is -2.02.